The Labute approximate surface area is 121 Å². The van der Waals surface area contributed by atoms with E-state index in [4.69, 9.17) is 5.73 Å². The van der Waals surface area contributed by atoms with Gasteiger partial charge in [-0.1, -0.05) is 25.1 Å². The largest absolute Gasteiger partial charge is 0.366 e. The molecular formula is C17H23N3. The van der Waals surface area contributed by atoms with Gasteiger partial charge in [0.25, 0.3) is 0 Å². The number of benzene rings is 1. The molecule has 3 heteroatoms. The summed E-state index contributed by atoms with van der Waals surface area (Å²) in [6.45, 7) is 6.05. The van der Waals surface area contributed by atoms with Crippen molar-refractivity contribution >= 4 is 5.69 Å². The second-order valence-corrected chi connectivity index (χ2v) is 4.94. The van der Waals surface area contributed by atoms with Crippen molar-refractivity contribution in [3.05, 3.63) is 59.9 Å². The van der Waals surface area contributed by atoms with Crippen LogP contribution in [0.25, 0.3) is 0 Å². The molecule has 0 spiro atoms. The minimum Gasteiger partial charge on any atom is -0.366 e. The molecule has 0 aliphatic heterocycles. The minimum absolute atomic E-state index is 0.134. The molecule has 0 aliphatic carbocycles. The first-order chi connectivity index (χ1) is 9.74. The molecule has 1 atom stereocenters. The molecule has 2 rings (SSSR count). The van der Waals surface area contributed by atoms with Gasteiger partial charge in [0.15, 0.2) is 0 Å². The highest BCUT2D eigenvalue weighted by Crippen LogP contribution is 2.20. The van der Waals surface area contributed by atoms with Crippen molar-refractivity contribution in [3.63, 3.8) is 0 Å². The number of pyridine rings is 1. The van der Waals surface area contributed by atoms with E-state index >= 15 is 0 Å². The molecule has 1 heterocycles. The number of rotatable bonds is 6. The third-order valence-corrected chi connectivity index (χ3v) is 3.59. The van der Waals surface area contributed by atoms with Crippen LogP contribution in [0.5, 0.6) is 0 Å². The molecule has 1 aromatic carbocycles. The maximum absolute atomic E-state index is 6.05. The molecule has 0 saturated heterocycles. The fraction of sp³-hybridized carbons (Fsp3) is 0.353. The second-order valence-electron chi connectivity index (χ2n) is 4.94. The summed E-state index contributed by atoms with van der Waals surface area (Å²) < 4.78 is 0. The third-order valence-electron chi connectivity index (χ3n) is 3.59. The lowest BCUT2D eigenvalue weighted by Crippen LogP contribution is -2.22. The van der Waals surface area contributed by atoms with Crippen LogP contribution in [0.3, 0.4) is 0 Å². The van der Waals surface area contributed by atoms with Crippen LogP contribution in [0.2, 0.25) is 0 Å². The molecule has 0 saturated carbocycles. The van der Waals surface area contributed by atoms with E-state index < -0.39 is 0 Å². The molecule has 20 heavy (non-hydrogen) atoms. The standard InChI is InChI=1S/C17H23N3/c1-3-17(18)14-8-10-16(11-9-14)20(4-2)13-15-7-5-6-12-19-15/h5-12,17H,3-4,13,18H2,1-2H3/t17-/m1/s1. The molecule has 3 nitrogen and oxygen atoms in total. The molecule has 0 amide bonds. The maximum Gasteiger partial charge on any atom is 0.0601 e. The van der Waals surface area contributed by atoms with Crippen LogP contribution in [0.4, 0.5) is 5.69 Å². The first-order valence-electron chi connectivity index (χ1n) is 7.25. The molecule has 106 valence electrons. The minimum atomic E-state index is 0.134. The van der Waals surface area contributed by atoms with Crippen LogP contribution in [0.1, 0.15) is 37.6 Å². The summed E-state index contributed by atoms with van der Waals surface area (Å²) in [6.07, 6.45) is 2.80. The van der Waals surface area contributed by atoms with Crippen LogP contribution >= 0.6 is 0 Å². The van der Waals surface area contributed by atoms with E-state index in [0.717, 1.165) is 25.2 Å². The summed E-state index contributed by atoms with van der Waals surface area (Å²) >= 11 is 0. The zero-order chi connectivity index (χ0) is 14.4. The topological polar surface area (TPSA) is 42.1 Å². The van der Waals surface area contributed by atoms with Crippen LogP contribution in [-0.2, 0) is 6.54 Å². The lowest BCUT2D eigenvalue weighted by Gasteiger charge is -2.23. The fourth-order valence-corrected chi connectivity index (χ4v) is 2.24. The summed E-state index contributed by atoms with van der Waals surface area (Å²) in [5.74, 6) is 0. The van der Waals surface area contributed by atoms with Gasteiger partial charge in [-0.05, 0) is 43.2 Å². The van der Waals surface area contributed by atoms with E-state index in [-0.39, 0.29) is 6.04 Å². The summed E-state index contributed by atoms with van der Waals surface area (Å²) in [6, 6.07) is 14.7. The molecular weight excluding hydrogens is 246 g/mol. The first-order valence-corrected chi connectivity index (χ1v) is 7.25. The average molecular weight is 269 g/mol. The monoisotopic (exact) mass is 269 g/mol. The van der Waals surface area contributed by atoms with Crippen molar-refractivity contribution in [2.75, 3.05) is 11.4 Å². The van der Waals surface area contributed by atoms with Gasteiger partial charge in [-0.2, -0.15) is 0 Å². The summed E-state index contributed by atoms with van der Waals surface area (Å²) in [7, 11) is 0. The lowest BCUT2D eigenvalue weighted by molar-refractivity contribution is 0.698. The van der Waals surface area contributed by atoms with E-state index in [1.165, 1.54) is 11.3 Å². The van der Waals surface area contributed by atoms with Crippen LogP contribution < -0.4 is 10.6 Å². The summed E-state index contributed by atoms with van der Waals surface area (Å²) in [4.78, 5) is 6.70. The van der Waals surface area contributed by atoms with E-state index in [2.05, 4.69) is 54.1 Å². The maximum atomic E-state index is 6.05. The van der Waals surface area contributed by atoms with Gasteiger partial charge in [-0.15, -0.1) is 0 Å². The van der Waals surface area contributed by atoms with Crippen LogP contribution in [-0.4, -0.2) is 11.5 Å². The van der Waals surface area contributed by atoms with Gasteiger partial charge >= 0.3 is 0 Å². The zero-order valence-electron chi connectivity index (χ0n) is 12.3. The second kappa shape index (κ2) is 7.06. The van der Waals surface area contributed by atoms with Gasteiger partial charge < -0.3 is 10.6 Å². The number of aromatic nitrogens is 1. The fourth-order valence-electron chi connectivity index (χ4n) is 2.24. The Hall–Kier alpha value is -1.87. The van der Waals surface area contributed by atoms with Crippen molar-refractivity contribution in [2.24, 2.45) is 5.73 Å². The van der Waals surface area contributed by atoms with Gasteiger partial charge in [0.05, 0.1) is 12.2 Å². The molecule has 1 aromatic heterocycles. The normalized spacial score (nSPS) is 12.2. The third kappa shape index (κ3) is 3.58. The molecule has 2 N–H and O–H groups in total. The molecule has 0 unspecified atom stereocenters. The van der Waals surface area contributed by atoms with E-state index in [1.54, 1.807) is 0 Å². The van der Waals surface area contributed by atoms with Gasteiger partial charge in [0, 0.05) is 24.5 Å². The van der Waals surface area contributed by atoms with Crippen LogP contribution in [0.15, 0.2) is 48.7 Å². The Bertz CT molecular complexity index is 508. The van der Waals surface area contributed by atoms with Crippen molar-refractivity contribution < 1.29 is 0 Å². The van der Waals surface area contributed by atoms with Crippen molar-refractivity contribution in [1.82, 2.24) is 4.98 Å². The van der Waals surface area contributed by atoms with Gasteiger partial charge in [0.2, 0.25) is 0 Å². The van der Waals surface area contributed by atoms with E-state index in [0.29, 0.717) is 0 Å². The smallest absolute Gasteiger partial charge is 0.0601 e. The van der Waals surface area contributed by atoms with Crippen molar-refractivity contribution in [1.29, 1.82) is 0 Å². The van der Waals surface area contributed by atoms with Crippen molar-refractivity contribution in [3.8, 4) is 0 Å². The van der Waals surface area contributed by atoms with Crippen LogP contribution in [0, 0.1) is 0 Å². The Morgan fingerprint density at radius 3 is 2.40 bits per heavy atom. The van der Waals surface area contributed by atoms with Gasteiger partial charge in [-0.3, -0.25) is 4.98 Å². The zero-order valence-corrected chi connectivity index (χ0v) is 12.3. The number of hydrogen-bond acceptors (Lipinski definition) is 3. The lowest BCUT2D eigenvalue weighted by atomic mass is 10.1. The Morgan fingerprint density at radius 2 is 1.85 bits per heavy atom. The molecule has 0 bridgehead atoms. The number of hydrogen-bond donors (Lipinski definition) is 1. The molecule has 0 radical (unpaired) electrons. The average Bonchev–Trinajstić information content (AvgIpc) is 2.53. The predicted molar refractivity (Wildman–Crippen MR) is 84.6 cm³/mol. The van der Waals surface area contributed by atoms with Gasteiger partial charge in [-0.25, -0.2) is 0 Å². The number of nitrogens with zero attached hydrogens (tertiary/aromatic N) is 2. The number of anilines is 1. The summed E-state index contributed by atoms with van der Waals surface area (Å²) in [5, 5.41) is 0. The highest BCUT2D eigenvalue weighted by Gasteiger charge is 2.08. The highest BCUT2D eigenvalue weighted by atomic mass is 15.1. The Morgan fingerprint density at radius 1 is 1.10 bits per heavy atom. The number of nitrogens with two attached hydrogens (primary N) is 1. The first kappa shape index (κ1) is 14.5. The SMILES string of the molecule is CC[C@@H](N)c1ccc(N(CC)Cc2ccccn2)cc1. The summed E-state index contributed by atoms with van der Waals surface area (Å²) in [5.41, 5.74) is 9.55. The van der Waals surface area contributed by atoms with E-state index in [1.807, 2.05) is 18.3 Å². The predicted octanol–water partition coefficient (Wildman–Crippen LogP) is 3.52. The highest BCUT2D eigenvalue weighted by molar-refractivity contribution is 5.48. The van der Waals surface area contributed by atoms with Crippen molar-refractivity contribution in [2.45, 2.75) is 32.9 Å². The quantitative estimate of drug-likeness (QED) is 0.872. The van der Waals surface area contributed by atoms with E-state index in [9.17, 15) is 0 Å². The molecule has 0 fully saturated rings. The molecule has 0 aliphatic rings. The van der Waals surface area contributed by atoms with Gasteiger partial charge in [0.1, 0.15) is 0 Å². The Kier molecular flexibility index (Phi) is 5.13. The Balaban J connectivity index is 2.11. The molecule has 2 aromatic rings.